The molecule has 2 aromatic heterocycles. The molecule has 0 unspecified atom stereocenters. The molecule has 6 nitrogen and oxygen atoms in total. The number of rotatable bonds is 3. The van der Waals surface area contributed by atoms with Gasteiger partial charge in [-0.2, -0.15) is 18.3 Å². The van der Waals surface area contributed by atoms with Gasteiger partial charge in [0.05, 0.1) is 6.04 Å². The summed E-state index contributed by atoms with van der Waals surface area (Å²) in [6, 6.07) is 2.58. The van der Waals surface area contributed by atoms with Crippen LogP contribution < -0.4 is 10.6 Å². The third kappa shape index (κ3) is 3.44. The first-order chi connectivity index (χ1) is 11.4. The van der Waals surface area contributed by atoms with E-state index in [1.165, 1.54) is 10.9 Å². The van der Waals surface area contributed by atoms with Crippen LogP contribution in [0.1, 0.15) is 37.3 Å². The van der Waals surface area contributed by atoms with Crippen molar-refractivity contribution < 1.29 is 13.2 Å². The SMILES string of the molecule is CCc1nc(N)cc(N2CCC[C@H](n3ccc(C(F)(F)F)n3)C2)n1. The summed E-state index contributed by atoms with van der Waals surface area (Å²) >= 11 is 0. The van der Waals surface area contributed by atoms with Crippen LogP contribution in [0.4, 0.5) is 24.8 Å². The smallest absolute Gasteiger partial charge is 0.384 e. The van der Waals surface area contributed by atoms with Gasteiger partial charge in [0.1, 0.15) is 17.5 Å². The quantitative estimate of drug-likeness (QED) is 0.930. The van der Waals surface area contributed by atoms with Crippen molar-refractivity contribution in [2.75, 3.05) is 23.7 Å². The molecule has 0 aromatic carbocycles. The fraction of sp³-hybridized carbons (Fsp3) is 0.533. The third-order valence-corrected chi connectivity index (χ3v) is 4.09. The highest BCUT2D eigenvalue weighted by Crippen LogP contribution is 2.30. The van der Waals surface area contributed by atoms with Crippen LogP contribution in [-0.4, -0.2) is 32.8 Å². The maximum atomic E-state index is 12.7. The Morgan fingerprint density at radius 2 is 2.12 bits per heavy atom. The number of aromatic nitrogens is 4. The monoisotopic (exact) mass is 340 g/mol. The highest BCUT2D eigenvalue weighted by molar-refractivity contribution is 5.47. The van der Waals surface area contributed by atoms with Gasteiger partial charge >= 0.3 is 6.18 Å². The number of piperidine rings is 1. The standard InChI is InChI=1S/C15H19F3N6/c1-2-13-20-12(19)8-14(21-13)23-6-3-4-10(9-23)24-7-5-11(22-24)15(16,17)18/h5,7-8,10H,2-4,6,9H2,1H3,(H2,19,20,21)/t10-/m0/s1. The van der Waals surface area contributed by atoms with E-state index >= 15 is 0 Å². The second-order valence-electron chi connectivity index (χ2n) is 5.84. The number of halogens is 3. The minimum Gasteiger partial charge on any atom is -0.384 e. The lowest BCUT2D eigenvalue weighted by molar-refractivity contribution is -0.141. The fourth-order valence-corrected chi connectivity index (χ4v) is 2.89. The topological polar surface area (TPSA) is 72.9 Å². The molecule has 0 radical (unpaired) electrons. The van der Waals surface area contributed by atoms with Gasteiger partial charge in [0.25, 0.3) is 0 Å². The van der Waals surface area contributed by atoms with Crippen LogP contribution in [-0.2, 0) is 12.6 Å². The van der Waals surface area contributed by atoms with Crippen molar-refractivity contribution in [1.82, 2.24) is 19.7 Å². The zero-order valence-corrected chi connectivity index (χ0v) is 13.3. The molecule has 3 heterocycles. The Balaban J connectivity index is 1.79. The summed E-state index contributed by atoms with van der Waals surface area (Å²) < 4.78 is 39.6. The van der Waals surface area contributed by atoms with E-state index < -0.39 is 11.9 Å². The van der Waals surface area contributed by atoms with E-state index in [0.717, 1.165) is 25.5 Å². The molecule has 1 aliphatic rings. The summed E-state index contributed by atoms with van der Waals surface area (Å²) in [7, 11) is 0. The average molecular weight is 340 g/mol. The lowest BCUT2D eigenvalue weighted by atomic mass is 10.1. The number of anilines is 2. The number of nitrogen functional groups attached to an aromatic ring is 1. The second-order valence-corrected chi connectivity index (χ2v) is 5.84. The highest BCUT2D eigenvalue weighted by atomic mass is 19.4. The molecule has 1 atom stereocenters. The largest absolute Gasteiger partial charge is 0.435 e. The molecule has 3 rings (SSSR count). The Hall–Kier alpha value is -2.32. The molecule has 0 spiro atoms. The normalized spacial score (nSPS) is 18.8. The van der Waals surface area contributed by atoms with Gasteiger partial charge < -0.3 is 10.6 Å². The van der Waals surface area contributed by atoms with Crippen molar-refractivity contribution in [2.45, 2.75) is 38.4 Å². The number of hydrogen-bond acceptors (Lipinski definition) is 5. The van der Waals surface area contributed by atoms with Crippen molar-refractivity contribution >= 4 is 11.6 Å². The second kappa shape index (κ2) is 6.29. The Labute approximate surface area is 137 Å². The molecule has 9 heteroatoms. The first-order valence-electron chi connectivity index (χ1n) is 7.87. The van der Waals surface area contributed by atoms with E-state index in [9.17, 15) is 13.2 Å². The fourth-order valence-electron chi connectivity index (χ4n) is 2.89. The van der Waals surface area contributed by atoms with E-state index in [-0.39, 0.29) is 6.04 Å². The highest BCUT2D eigenvalue weighted by Gasteiger charge is 2.34. The zero-order chi connectivity index (χ0) is 17.3. The molecule has 1 aliphatic heterocycles. The van der Waals surface area contributed by atoms with Gasteiger partial charge in [-0.3, -0.25) is 4.68 Å². The Morgan fingerprint density at radius 1 is 1.33 bits per heavy atom. The van der Waals surface area contributed by atoms with E-state index in [0.29, 0.717) is 30.4 Å². The minimum absolute atomic E-state index is 0.129. The summed E-state index contributed by atoms with van der Waals surface area (Å²) in [5.41, 5.74) is 4.96. The lowest BCUT2D eigenvalue weighted by Crippen LogP contribution is -2.37. The maximum Gasteiger partial charge on any atom is 0.435 e. The van der Waals surface area contributed by atoms with Crippen LogP contribution in [0.2, 0.25) is 0 Å². The Bertz CT molecular complexity index is 711. The number of aryl methyl sites for hydroxylation is 1. The number of hydrogen-bond donors (Lipinski definition) is 1. The van der Waals surface area contributed by atoms with Crippen molar-refractivity contribution in [3.63, 3.8) is 0 Å². The van der Waals surface area contributed by atoms with Crippen molar-refractivity contribution in [1.29, 1.82) is 0 Å². The molecular formula is C15H19F3N6. The summed E-state index contributed by atoms with van der Waals surface area (Å²) in [6.07, 6.45) is -0.739. The van der Waals surface area contributed by atoms with Crippen LogP contribution in [0, 0.1) is 0 Å². The first kappa shape index (κ1) is 16.5. The van der Waals surface area contributed by atoms with Crippen LogP contribution in [0.5, 0.6) is 0 Å². The van der Waals surface area contributed by atoms with E-state index in [1.54, 1.807) is 6.07 Å². The van der Waals surface area contributed by atoms with Crippen molar-refractivity contribution in [3.05, 3.63) is 29.8 Å². The minimum atomic E-state index is -4.42. The predicted molar refractivity (Wildman–Crippen MR) is 83.5 cm³/mol. The van der Waals surface area contributed by atoms with Crippen LogP contribution in [0.3, 0.4) is 0 Å². The molecule has 2 N–H and O–H groups in total. The number of nitrogens with zero attached hydrogens (tertiary/aromatic N) is 5. The van der Waals surface area contributed by atoms with Gasteiger partial charge in [-0.1, -0.05) is 6.92 Å². The van der Waals surface area contributed by atoms with Gasteiger partial charge in [0.15, 0.2) is 5.69 Å². The van der Waals surface area contributed by atoms with E-state index in [1.807, 2.05) is 11.8 Å². The van der Waals surface area contributed by atoms with Gasteiger partial charge in [-0.05, 0) is 18.9 Å². The first-order valence-corrected chi connectivity index (χ1v) is 7.87. The maximum absolute atomic E-state index is 12.7. The van der Waals surface area contributed by atoms with Crippen molar-refractivity contribution in [3.8, 4) is 0 Å². The summed E-state index contributed by atoms with van der Waals surface area (Å²) in [4.78, 5) is 10.7. The van der Waals surface area contributed by atoms with Gasteiger partial charge in [0, 0.05) is 31.8 Å². The summed E-state index contributed by atoms with van der Waals surface area (Å²) in [5, 5.41) is 3.69. The molecule has 0 aliphatic carbocycles. The Morgan fingerprint density at radius 3 is 2.79 bits per heavy atom. The predicted octanol–water partition coefficient (Wildman–Crippen LogP) is 2.68. The molecule has 24 heavy (non-hydrogen) atoms. The summed E-state index contributed by atoms with van der Waals surface area (Å²) in [5.74, 6) is 1.77. The van der Waals surface area contributed by atoms with Gasteiger partial charge in [-0.15, -0.1) is 0 Å². The molecule has 2 aromatic rings. The van der Waals surface area contributed by atoms with Crippen LogP contribution in [0.15, 0.2) is 18.3 Å². The lowest BCUT2D eigenvalue weighted by Gasteiger charge is -2.33. The van der Waals surface area contributed by atoms with Gasteiger partial charge in [-0.25, -0.2) is 9.97 Å². The van der Waals surface area contributed by atoms with E-state index in [2.05, 4.69) is 15.1 Å². The molecule has 0 saturated carbocycles. The van der Waals surface area contributed by atoms with Crippen LogP contribution in [0.25, 0.3) is 0 Å². The number of nitrogens with two attached hydrogens (primary N) is 1. The van der Waals surface area contributed by atoms with Crippen molar-refractivity contribution in [2.24, 2.45) is 0 Å². The third-order valence-electron chi connectivity index (χ3n) is 4.09. The van der Waals surface area contributed by atoms with Gasteiger partial charge in [0.2, 0.25) is 0 Å². The summed E-state index contributed by atoms with van der Waals surface area (Å²) in [6.45, 7) is 3.27. The molecule has 0 bridgehead atoms. The van der Waals surface area contributed by atoms with E-state index in [4.69, 9.17) is 5.73 Å². The molecular weight excluding hydrogens is 321 g/mol. The number of alkyl halides is 3. The zero-order valence-electron chi connectivity index (χ0n) is 13.3. The Kier molecular flexibility index (Phi) is 4.33. The average Bonchev–Trinajstić information content (AvgIpc) is 3.04. The molecule has 130 valence electrons. The molecule has 1 saturated heterocycles. The molecule has 1 fully saturated rings. The molecule has 0 amide bonds. The van der Waals surface area contributed by atoms with Crippen LogP contribution >= 0.6 is 0 Å².